The topological polar surface area (TPSA) is 12.0 Å². The highest BCUT2D eigenvalue weighted by Gasteiger charge is 2.21. The summed E-state index contributed by atoms with van der Waals surface area (Å²) in [5.74, 6) is -1.89. The van der Waals surface area contributed by atoms with Crippen LogP contribution in [0.5, 0.6) is 0 Å². The van der Waals surface area contributed by atoms with Crippen molar-refractivity contribution in [2.45, 2.75) is 19.9 Å². The number of rotatable bonds is 4. The van der Waals surface area contributed by atoms with Crippen molar-refractivity contribution < 1.29 is 8.78 Å². The summed E-state index contributed by atoms with van der Waals surface area (Å²) in [6, 6.07) is 7.31. The zero-order valence-electron chi connectivity index (χ0n) is 11.7. The van der Waals surface area contributed by atoms with Crippen LogP contribution in [0.4, 0.5) is 8.78 Å². The summed E-state index contributed by atoms with van der Waals surface area (Å²) in [6.07, 6.45) is 0. The highest BCUT2D eigenvalue weighted by atomic mass is 35.5. The van der Waals surface area contributed by atoms with Crippen LogP contribution in [0.15, 0.2) is 30.3 Å². The fraction of sp³-hybridized carbons (Fsp3) is 0.250. The summed E-state index contributed by atoms with van der Waals surface area (Å²) < 4.78 is 26.8. The van der Waals surface area contributed by atoms with E-state index in [0.29, 0.717) is 17.1 Å². The molecule has 0 fully saturated rings. The van der Waals surface area contributed by atoms with Crippen LogP contribution in [0.1, 0.15) is 29.7 Å². The summed E-state index contributed by atoms with van der Waals surface area (Å²) in [6.45, 7) is 4.44. The minimum atomic E-state index is -0.964. The summed E-state index contributed by atoms with van der Waals surface area (Å²) in [4.78, 5) is 0. The number of benzene rings is 2. The molecule has 2 rings (SSSR count). The number of hydrogen-bond acceptors (Lipinski definition) is 1. The summed E-state index contributed by atoms with van der Waals surface area (Å²) in [7, 11) is 0. The Bertz CT molecular complexity index is 659. The molecule has 0 spiro atoms. The van der Waals surface area contributed by atoms with Crippen LogP contribution in [0.25, 0.3) is 0 Å². The van der Waals surface area contributed by atoms with E-state index < -0.39 is 17.7 Å². The maximum Gasteiger partial charge on any atom is 0.160 e. The average molecular weight is 330 g/mol. The van der Waals surface area contributed by atoms with Crippen molar-refractivity contribution in [3.8, 4) is 0 Å². The van der Waals surface area contributed by atoms with E-state index in [2.05, 4.69) is 5.32 Å². The van der Waals surface area contributed by atoms with Gasteiger partial charge in [0, 0.05) is 10.0 Å². The van der Waals surface area contributed by atoms with E-state index in [1.807, 2.05) is 32.0 Å². The molecule has 21 heavy (non-hydrogen) atoms. The van der Waals surface area contributed by atoms with Crippen molar-refractivity contribution in [2.75, 3.05) is 6.54 Å². The maximum absolute atomic E-state index is 13.6. The average Bonchev–Trinajstić information content (AvgIpc) is 2.44. The second-order valence-electron chi connectivity index (χ2n) is 4.76. The molecule has 0 aliphatic rings. The molecule has 1 atom stereocenters. The van der Waals surface area contributed by atoms with Crippen molar-refractivity contribution in [3.63, 3.8) is 0 Å². The summed E-state index contributed by atoms with van der Waals surface area (Å²) in [5, 5.41) is 3.96. The SMILES string of the molecule is CCNC(c1cc(F)c(F)cc1Cl)c1cccc(C)c1Cl. The minimum Gasteiger partial charge on any atom is -0.306 e. The first-order valence-electron chi connectivity index (χ1n) is 6.58. The first-order valence-corrected chi connectivity index (χ1v) is 7.34. The Balaban J connectivity index is 2.59. The van der Waals surface area contributed by atoms with Gasteiger partial charge in [-0.05, 0) is 42.3 Å². The first-order chi connectivity index (χ1) is 9.95. The lowest BCUT2D eigenvalue weighted by molar-refractivity contribution is 0.504. The van der Waals surface area contributed by atoms with Crippen molar-refractivity contribution in [1.82, 2.24) is 5.32 Å². The first kappa shape index (κ1) is 16.2. The van der Waals surface area contributed by atoms with Gasteiger partial charge in [0.1, 0.15) is 0 Å². The third kappa shape index (κ3) is 3.37. The molecular weight excluding hydrogens is 315 g/mol. The van der Waals surface area contributed by atoms with E-state index in [0.717, 1.165) is 23.3 Å². The van der Waals surface area contributed by atoms with Gasteiger partial charge in [-0.25, -0.2) is 8.78 Å². The van der Waals surface area contributed by atoms with Crippen LogP contribution in [0, 0.1) is 18.6 Å². The Morgan fingerprint density at radius 2 is 1.76 bits per heavy atom. The molecule has 0 aliphatic heterocycles. The Kier molecular flexibility index (Phi) is 5.20. The van der Waals surface area contributed by atoms with Gasteiger partial charge in [-0.3, -0.25) is 0 Å². The van der Waals surface area contributed by atoms with E-state index >= 15 is 0 Å². The highest BCUT2D eigenvalue weighted by molar-refractivity contribution is 6.32. The Morgan fingerprint density at radius 3 is 2.43 bits per heavy atom. The molecule has 0 aromatic heterocycles. The molecule has 0 aliphatic carbocycles. The smallest absolute Gasteiger partial charge is 0.160 e. The van der Waals surface area contributed by atoms with Crippen molar-refractivity contribution in [2.24, 2.45) is 0 Å². The molecule has 2 aromatic carbocycles. The molecule has 0 amide bonds. The van der Waals surface area contributed by atoms with Crippen molar-refractivity contribution in [3.05, 3.63) is 68.7 Å². The molecule has 0 saturated carbocycles. The predicted molar refractivity (Wildman–Crippen MR) is 83.1 cm³/mol. The lowest BCUT2D eigenvalue weighted by Gasteiger charge is -2.22. The number of hydrogen-bond donors (Lipinski definition) is 1. The minimum absolute atomic E-state index is 0.164. The number of nitrogens with one attached hydrogen (secondary N) is 1. The van der Waals surface area contributed by atoms with Gasteiger partial charge in [0.05, 0.1) is 6.04 Å². The zero-order valence-corrected chi connectivity index (χ0v) is 13.2. The van der Waals surface area contributed by atoms with Gasteiger partial charge < -0.3 is 5.32 Å². The standard InChI is InChI=1S/C16H15Cl2F2N/c1-3-21-16(10-6-4-5-9(2)15(10)18)11-7-13(19)14(20)8-12(11)17/h4-8,16,21H,3H2,1-2H3. The fourth-order valence-corrected chi connectivity index (χ4v) is 2.74. The van der Waals surface area contributed by atoms with E-state index in [4.69, 9.17) is 23.2 Å². The highest BCUT2D eigenvalue weighted by Crippen LogP contribution is 2.34. The van der Waals surface area contributed by atoms with E-state index in [-0.39, 0.29) is 5.02 Å². The molecule has 1 unspecified atom stereocenters. The van der Waals surface area contributed by atoms with Crippen molar-refractivity contribution >= 4 is 23.2 Å². The van der Waals surface area contributed by atoms with Gasteiger partial charge in [-0.2, -0.15) is 0 Å². The Labute approximate surface area is 132 Å². The van der Waals surface area contributed by atoms with Gasteiger partial charge in [0.2, 0.25) is 0 Å². The molecule has 2 aromatic rings. The molecule has 0 radical (unpaired) electrons. The van der Waals surface area contributed by atoms with E-state index in [9.17, 15) is 8.78 Å². The molecule has 1 N–H and O–H groups in total. The predicted octanol–water partition coefficient (Wildman–Crippen LogP) is 5.28. The molecule has 0 heterocycles. The zero-order chi connectivity index (χ0) is 15.6. The molecule has 0 saturated heterocycles. The van der Waals surface area contributed by atoms with Gasteiger partial charge >= 0.3 is 0 Å². The summed E-state index contributed by atoms with van der Waals surface area (Å²) in [5.41, 5.74) is 2.16. The van der Waals surface area contributed by atoms with E-state index in [1.54, 1.807) is 0 Å². The lowest BCUT2D eigenvalue weighted by Crippen LogP contribution is -2.23. The molecule has 0 bridgehead atoms. The summed E-state index contributed by atoms with van der Waals surface area (Å²) >= 11 is 12.4. The third-order valence-corrected chi connectivity index (χ3v) is 4.14. The Morgan fingerprint density at radius 1 is 1.10 bits per heavy atom. The van der Waals surface area contributed by atoms with Crippen LogP contribution in [-0.2, 0) is 0 Å². The van der Waals surface area contributed by atoms with Gasteiger partial charge in [-0.1, -0.05) is 48.3 Å². The molecule has 5 heteroatoms. The molecule has 112 valence electrons. The molecular formula is C16H15Cl2F2N. The van der Waals surface area contributed by atoms with Crippen molar-refractivity contribution in [1.29, 1.82) is 0 Å². The monoisotopic (exact) mass is 329 g/mol. The molecule has 1 nitrogen and oxygen atoms in total. The van der Waals surface area contributed by atoms with E-state index in [1.165, 1.54) is 0 Å². The van der Waals surface area contributed by atoms with Gasteiger partial charge in [-0.15, -0.1) is 0 Å². The van der Waals surface area contributed by atoms with Crippen LogP contribution < -0.4 is 5.32 Å². The van der Waals surface area contributed by atoms with Gasteiger partial charge in [0.15, 0.2) is 11.6 Å². The quantitative estimate of drug-likeness (QED) is 0.752. The fourth-order valence-electron chi connectivity index (χ4n) is 2.24. The van der Waals surface area contributed by atoms with Gasteiger partial charge in [0.25, 0.3) is 0 Å². The van der Waals surface area contributed by atoms with Crippen LogP contribution >= 0.6 is 23.2 Å². The number of halogens is 4. The lowest BCUT2D eigenvalue weighted by atomic mass is 9.96. The third-order valence-electron chi connectivity index (χ3n) is 3.29. The van der Waals surface area contributed by atoms with Crippen LogP contribution in [0.3, 0.4) is 0 Å². The second kappa shape index (κ2) is 6.73. The van der Waals surface area contributed by atoms with Crippen LogP contribution in [0.2, 0.25) is 10.0 Å². The normalized spacial score (nSPS) is 12.5. The Hall–Kier alpha value is -1.16. The number of aryl methyl sites for hydroxylation is 1. The maximum atomic E-state index is 13.6. The van der Waals surface area contributed by atoms with Crippen LogP contribution in [-0.4, -0.2) is 6.54 Å². The second-order valence-corrected chi connectivity index (χ2v) is 5.54. The largest absolute Gasteiger partial charge is 0.306 e.